The molecule has 0 spiro atoms. The van der Waals surface area contributed by atoms with Crippen molar-refractivity contribution in [3.8, 4) is 0 Å². The second kappa shape index (κ2) is 6.02. The Morgan fingerprint density at radius 3 is 2.59 bits per heavy atom. The summed E-state index contributed by atoms with van der Waals surface area (Å²) in [6.45, 7) is -0.234. The van der Waals surface area contributed by atoms with E-state index in [-0.39, 0.29) is 18.8 Å². The Labute approximate surface area is 98.2 Å². The summed E-state index contributed by atoms with van der Waals surface area (Å²) in [6, 6.07) is 4.45. The Morgan fingerprint density at radius 2 is 2.06 bits per heavy atom. The summed E-state index contributed by atoms with van der Waals surface area (Å²) in [5.41, 5.74) is 1.06. The van der Waals surface area contributed by atoms with Gasteiger partial charge in [0.05, 0.1) is 17.6 Å². The number of nitrogens with zero attached hydrogens (tertiary/aromatic N) is 1. The molecule has 0 aliphatic carbocycles. The molecule has 0 fully saturated rings. The number of nitro benzene ring substituents is 1. The minimum absolute atomic E-state index is 0.0437. The number of hydrogen-bond acceptors (Lipinski definition) is 6. The number of non-ortho nitro benzene ring substituents is 1. The lowest BCUT2D eigenvalue weighted by molar-refractivity contribution is -0.384. The van der Waals surface area contributed by atoms with Crippen molar-refractivity contribution >= 4 is 17.1 Å². The number of nitrogens with one attached hydrogen (secondary N) is 2. The van der Waals surface area contributed by atoms with Gasteiger partial charge in [-0.3, -0.25) is 10.1 Å². The van der Waals surface area contributed by atoms with E-state index in [2.05, 4.69) is 10.6 Å². The second-order valence-electron chi connectivity index (χ2n) is 3.49. The van der Waals surface area contributed by atoms with Gasteiger partial charge in [0.25, 0.3) is 5.69 Å². The van der Waals surface area contributed by atoms with Crippen molar-refractivity contribution in [3.63, 3.8) is 0 Å². The predicted octanol–water partition coefficient (Wildman–Crippen LogP) is 0.402. The highest BCUT2D eigenvalue weighted by Crippen LogP contribution is 2.23. The Balaban J connectivity index is 2.83. The van der Waals surface area contributed by atoms with E-state index < -0.39 is 11.0 Å². The zero-order chi connectivity index (χ0) is 12.8. The molecule has 1 unspecified atom stereocenters. The molecule has 1 aromatic rings. The molecule has 1 atom stereocenters. The van der Waals surface area contributed by atoms with Gasteiger partial charge in [0, 0.05) is 37.1 Å². The summed E-state index contributed by atoms with van der Waals surface area (Å²) in [5.74, 6) is 0. The van der Waals surface area contributed by atoms with Gasteiger partial charge in [-0.05, 0) is 6.07 Å². The Kier molecular flexibility index (Phi) is 4.68. The van der Waals surface area contributed by atoms with Crippen LogP contribution in [0, 0.1) is 10.1 Å². The van der Waals surface area contributed by atoms with Crippen LogP contribution >= 0.6 is 0 Å². The smallest absolute Gasteiger partial charge is 0.273 e. The highest BCUT2D eigenvalue weighted by molar-refractivity contribution is 5.63. The highest BCUT2D eigenvalue weighted by atomic mass is 16.6. The molecule has 0 aliphatic heterocycles. The Bertz CT molecular complexity index is 397. The lowest BCUT2D eigenvalue weighted by Gasteiger charge is -2.11. The zero-order valence-electron chi connectivity index (χ0n) is 9.38. The maximum atomic E-state index is 10.7. The van der Waals surface area contributed by atoms with Crippen LogP contribution in [0.25, 0.3) is 0 Å². The minimum atomic E-state index is -0.896. The fourth-order valence-electron chi connectivity index (χ4n) is 1.26. The number of nitro groups is 1. The van der Waals surface area contributed by atoms with Crippen LogP contribution in [0.5, 0.6) is 0 Å². The standard InChI is InChI=1S/C10H15N3O4/c1-11-7-2-8(12-5-10(15)6-14)4-9(3-7)13(16)17/h2-4,10-12,14-15H,5-6H2,1H3. The summed E-state index contributed by atoms with van der Waals surface area (Å²) in [6.07, 6.45) is -0.896. The Hall–Kier alpha value is -1.86. The van der Waals surface area contributed by atoms with Gasteiger partial charge < -0.3 is 20.8 Å². The van der Waals surface area contributed by atoms with Crippen LogP contribution < -0.4 is 10.6 Å². The van der Waals surface area contributed by atoms with Gasteiger partial charge in [0.1, 0.15) is 0 Å². The van der Waals surface area contributed by atoms with Crippen molar-refractivity contribution in [1.82, 2.24) is 0 Å². The summed E-state index contributed by atoms with van der Waals surface area (Å²) in [4.78, 5) is 10.2. The van der Waals surface area contributed by atoms with Crippen LogP contribution in [0.4, 0.5) is 17.1 Å². The number of aliphatic hydroxyl groups excluding tert-OH is 2. The summed E-state index contributed by atoms with van der Waals surface area (Å²) in [5, 5.41) is 34.1. The van der Waals surface area contributed by atoms with Crippen molar-refractivity contribution in [3.05, 3.63) is 28.3 Å². The number of hydrogen-bond donors (Lipinski definition) is 4. The van der Waals surface area contributed by atoms with Gasteiger partial charge in [-0.15, -0.1) is 0 Å². The van der Waals surface area contributed by atoms with E-state index in [1.54, 1.807) is 13.1 Å². The number of aliphatic hydroxyl groups is 2. The molecule has 1 aromatic carbocycles. The van der Waals surface area contributed by atoms with Crippen LogP contribution in [0.3, 0.4) is 0 Å². The molecule has 0 aliphatic rings. The van der Waals surface area contributed by atoms with Crippen molar-refractivity contribution in [2.24, 2.45) is 0 Å². The lowest BCUT2D eigenvalue weighted by atomic mass is 10.2. The number of rotatable bonds is 6. The SMILES string of the molecule is CNc1cc(NCC(O)CO)cc([N+](=O)[O-])c1. The van der Waals surface area contributed by atoms with E-state index in [0.717, 1.165) is 0 Å². The van der Waals surface area contributed by atoms with E-state index in [0.29, 0.717) is 11.4 Å². The fraction of sp³-hybridized carbons (Fsp3) is 0.400. The molecule has 94 valence electrons. The molecule has 0 radical (unpaired) electrons. The molecule has 7 nitrogen and oxygen atoms in total. The van der Waals surface area contributed by atoms with Crippen molar-refractivity contribution < 1.29 is 15.1 Å². The van der Waals surface area contributed by atoms with Gasteiger partial charge in [-0.2, -0.15) is 0 Å². The third-order valence-corrected chi connectivity index (χ3v) is 2.17. The topological polar surface area (TPSA) is 108 Å². The largest absolute Gasteiger partial charge is 0.394 e. The van der Waals surface area contributed by atoms with Gasteiger partial charge in [0.15, 0.2) is 0 Å². The van der Waals surface area contributed by atoms with Crippen LogP contribution in [-0.2, 0) is 0 Å². The van der Waals surface area contributed by atoms with Crippen molar-refractivity contribution in [1.29, 1.82) is 0 Å². The first-order valence-corrected chi connectivity index (χ1v) is 5.07. The number of anilines is 2. The molecule has 0 bridgehead atoms. The molecular formula is C10H15N3O4. The molecule has 0 saturated carbocycles. The van der Waals surface area contributed by atoms with E-state index in [1.165, 1.54) is 12.1 Å². The summed E-state index contributed by atoms with van der Waals surface area (Å²) < 4.78 is 0. The van der Waals surface area contributed by atoms with Crippen LogP contribution in [-0.4, -0.2) is 41.4 Å². The first kappa shape index (κ1) is 13.2. The van der Waals surface area contributed by atoms with E-state index >= 15 is 0 Å². The second-order valence-corrected chi connectivity index (χ2v) is 3.49. The first-order valence-electron chi connectivity index (χ1n) is 5.07. The van der Waals surface area contributed by atoms with Gasteiger partial charge in [0.2, 0.25) is 0 Å². The maximum Gasteiger partial charge on any atom is 0.273 e. The average Bonchev–Trinajstić information content (AvgIpc) is 2.35. The maximum absolute atomic E-state index is 10.7. The van der Waals surface area contributed by atoms with E-state index in [1.807, 2.05) is 0 Å². The van der Waals surface area contributed by atoms with Crippen molar-refractivity contribution in [2.75, 3.05) is 30.8 Å². The third-order valence-electron chi connectivity index (χ3n) is 2.17. The average molecular weight is 241 g/mol. The molecule has 0 saturated heterocycles. The highest BCUT2D eigenvalue weighted by Gasteiger charge is 2.10. The lowest BCUT2D eigenvalue weighted by Crippen LogP contribution is -2.22. The van der Waals surface area contributed by atoms with Crippen LogP contribution in [0.1, 0.15) is 0 Å². The van der Waals surface area contributed by atoms with E-state index in [4.69, 9.17) is 10.2 Å². The first-order chi connectivity index (χ1) is 8.06. The summed E-state index contributed by atoms with van der Waals surface area (Å²) in [7, 11) is 1.66. The molecule has 7 heteroatoms. The van der Waals surface area contributed by atoms with Crippen LogP contribution in [0.2, 0.25) is 0 Å². The van der Waals surface area contributed by atoms with E-state index in [9.17, 15) is 10.1 Å². The molecule has 17 heavy (non-hydrogen) atoms. The van der Waals surface area contributed by atoms with Gasteiger partial charge in [-0.25, -0.2) is 0 Å². The van der Waals surface area contributed by atoms with Crippen molar-refractivity contribution in [2.45, 2.75) is 6.10 Å². The predicted molar refractivity (Wildman–Crippen MR) is 64.2 cm³/mol. The number of benzene rings is 1. The molecular weight excluding hydrogens is 226 g/mol. The quantitative estimate of drug-likeness (QED) is 0.424. The zero-order valence-corrected chi connectivity index (χ0v) is 9.38. The molecule has 0 amide bonds. The minimum Gasteiger partial charge on any atom is -0.394 e. The summed E-state index contributed by atoms with van der Waals surface area (Å²) >= 11 is 0. The molecule has 4 N–H and O–H groups in total. The fourth-order valence-corrected chi connectivity index (χ4v) is 1.26. The monoisotopic (exact) mass is 241 g/mol. The molecule has 0 heterocycles. The normalized spacial score (nSPS) is 11.9. The van der Waals surface area contributed by atoms with Gasteiger partial charge in [-0.1, -0.05) is 0 Å². The molecule has 0 aromatic heterocycles. The van der Waals surface area contributed by atoms with Gasteiger partial charge >= 0.3 is 0 Å². The Morgan fingerprint density at radius 1 is 1.41 bits per heavy atom. The molecule has 1 rings (SSSR count). The third kappa shape index (κ3) is 3.89. The van der Waals surface area contributed by atoms with Crippen LogP contribution in [0.15, 0.2) is 18.2 Å².